The van der Waals surface area contributed by atoms with Crippen molar-refractivity contribution in [2.75, 3.05) is 33.2 Å². The zero-order valence-electron chi connectivity index (χ0n) is 10.7. The molecule has 3 nitrogen and oxygen atoms in total. The highest BCUT2D eigenvalue weighted by Gasteiger charge is 2.27. The van der Waals surface area contributed by atoms with Gasteiger partial charge in [0.25, 0.3) is 0 Å². The van der Waals surface area contributed by atoms with Crippen molar-refractivity contribution in [3.05, 3.63) is 15.6 Å². The van der Waals surface area contributed by atoms with Crippen LogP contribution in [0.1, 0.15) is 40.3 Å². The van der Waals surface area contributed by atoms with E-state index >= 15 is 0 Å². The van der Waals surface area contributed by atoms with Crippen LogP contribution < -0.4 is 5.32 Å². The summed E-state index contributed by atoms with van der Waals surface area (Å²) in [6.45, 7) is 6.92. The average Bonchev–Trinajstić information content (AvgIpc) is 2.96. The van der Waals surface area contributed by atoms with Gasteiger partial charge in [-0.05, 0) is 39.9 Å². The van der Waals surface area contributed by atoms with Crippen molar-refractivity contribution in [3.63, 3.8) is 0 Å². The summed E-state index contributed by atoms with van der Waals surface area (Å²) in [7, 11) is 2.21. The Morgan fingerprint density at radius 1 is 1.35 bits per heavy atom. The zero-order chi connectivity index (χ0) is 11.8. The van der Waals surface area contributed by atoms with E-state index in [1.54, 1.807) is 4.88 Å². The minimum absolute atomic E-state index is 0.687. The largest absolute Gasteiger partial charge is 0.316 e. The van der Waals surface area contributed by atoms with E-state index in [1.165, 1.54) is 43.2 Å². The first-order chi connectivity index (χ1) is 8.24. The van der Waals surface area contributed by atoms with E-state index in [0.717, 1.165) is 12.5 Å². The minimum atomic E-state index is 0.687. The van der Waals surface area contributed by atoms with E-state index in [2.05, 4.69) is 24.2 Å². The van der Waals surface area contributed by atoms with Crippen molar-refractivity contribution in [2.24, 2.45) is 0 Å². The smallest absolute Gasteiger partial charge is 0.0975 e. The molecule has 0 amide bonds. The maximum atomic E-state index is 4.84. The number of nitrogens with one attached hydrogen (secondary N) is 1. The predicted molar refractivity (Wildman–Crippen MR) is 71.9 cm³/mol. The Morgan fingerprint density at radius 3 is 2.88 bits per heavy atom. The van der Waals surface area contributed by atoms with Crippen LogP contribution in [0.2, 0.25) is 0 Å². The number of aryl methyl sites for hydroxylation is 1. The molecule has 0 aromatic carbocycles. The maximum Gasteiger partial charge on any atom is 0.0975 e. The molecule has 0 spiro atoms. The monoisotopic (exact) mass is 251 g/mol. The van der Waals surface area contributed by atoms with Gasteiger partial charge in [0, 0.05) is 29.8 Å². The summed E-state index contributed by atoms with van der Waals surface area (Å²) in [5.74, 6) is 1.41. The summed E-state index contributed by atoms with van der Waals surface area (Å²) in [6.07, 6.45) is 2.57. The highest BCUT2D eigenvalue weighted by molar-refractivity contribution is 7.12. The van der Waals surface area contributed by atoms with Crippen LogP contribution in [0.4, 0.5) is 0 Å². The molecule has 2 saturated heterocycles. The molecule has 2 fully saturated rings. The average molecular weight is 251 g/mol. The summed E-state index contributed by atoms with van der Waals surface area (Å²) in [5.41, 5.74) is 1.29. The number of hydrogen-bond acceptors (Lipinski definition) is 4. The van der Waals surface area contributed by atoms with Crippen LogP contribution in [-0.2, 0) is 0 Å². The first-order valence-corrected chi connectivity index (χ1v) is 7.42. The number of aromatic nitrogens is 1. The molecule has 0 radical (unpaired) electrons. The van der Waals surface area contributed by atoms with E-state index in [-0.39, 0.29) is 0 Å². The third kappa shape index (κ3) is 2.26. The number of likely N-dealkylation sites (N-methyl/N-ethyl adjacent to an activating group) is 1. The van der Waals surface area contributed by atoms with Crippen molar-refractivity contribution in [1.29, 1.82) is 0 Å². The van der Waals surface area contributed by atoms with E-state index in [4.69, 9.17) is 4.98 Å². The van der Waals surface area contributed by atoms with Gasteiger partial charge in [0.2, 0.25) is 0 Å². The highest BCUT2D eigenvalue weighted by Crippen LogP contribution is 2.36. The SMILES string of the molecule is Cc1nc(C2CCN(C)C2)sc1C1CCNC1. The number of hydrogen-bond donors (Lipinski definition) is 1. The number of likely N-dealkylation sites (tertiary alicyclic amines) is 1. The van der Waals surface area contributed by atoms with Gasteiger partial charge in [-0.25, -0.2) is 4.98 Å². The molecular weight excluding hydrogens is 230 g/mol. The maximum absolute atomic E-state index is 4.84. The fourth-order valence-corrected chi connectivity index (χ4v) is 4.33. The van der Waals surface area contributed by atoms with Gasteiger partial charge in [0.15, 0.2) is 0 Å². The van der Waals surface area contributed by atoms with Crippen molar-refractivity contribution >= 4 is 11.3 Å². The van der Waals surface area contributed by atoms with Gasteiger partial charge < -0.3 is 10.2 Å². The van der Waals surface area contributed by atoms with Gasteiger partial charge in [-0.1, -0.05) is 0 Å². The zero-order valence-corrected chi connectivity index (χ0v) is 11.5. The van der Waals surface area contributed by atoms with Crippen molar-refractivity contribution in [3.8, 4) is 0 Å². The van der Waals surface area contributed by atoms with Crippen LogP contribution in [0.5, 0.6) is 0 Å². The van der Waals surface area contributed by atoms with Gasteiger partial charge in [0.1, 0.15) is 0 Å². The Hall–Kier alpha value is -0.450. The van der Waals surface area contributed by atoms with Gasteiger partial charge in [-0.2, -0.15) is 0 Å². The lowest BCUT2D eigenvalue weighted by atomic mass is 10.1. The Labute approximate surface area is 107 Å². The normalized spacial score (nSPS) is 30.2. The van der Waals surface area contributed by atoms with E-state index in [9.17, 15) is 0 Å². The van der Waals surface area contributed by atoms with E-state index in [0.29, 0.717) is 5.92 Å². The summed E-state index contributed by atoms with van der Waals surface area (Å²) >= 11 is 1.98. The van der Waals surface area contributed by atoms with Crippen molar-refractivity contribution in [2.45, 2.75) is 31.6 Å². The lowest BCUT2D eigenvalue weighted by Crippen LogP contribution is -2.13. The Morgan fingerprint density at radius 2 is 2.24 bits per heavy atom. The van der Waals surface area contributed by atoms with Gasteiger partial charge in [0.05, 0.1) is 10.7 Å². The molecule has 0 aliphatic carbocycles. The highest BCUT2D eigenvalue weighted by atomic mass is 32.1. The third-order valence-corrected chi connectivity index (χ3v) is 5.50. The Kier molecular flexibility index (Phi) is 3.19. The standard InChI is InChI=1S/C13H21N3S/c1-9-12(10-3-5-14-7-10)17-13(15-9)11-4-6-16(2)8-11/h10-11,14H,3-8H2,1-2H3. The molecule has 2 aliphatic heterocycles. The minimum Gasteiger partial charge on any atom is -0.316 e. The van der Waals surface area contributed by atoms with Crippen LogP contribution in [0.25, 0.3) is 0 Å². The molecule has 1 aromatic rings. The Balaban J connectivity index is 1.80. The fraction of sp³-hybridized carbons (Fsp3) is 0.769. The van der Waals surface area contributed by atoms with Gasteiger partial charge in [-0.15, -0.1) is 11.3 Å². The van der Waals surface area contributed by atoms with Crippen LogP contribution in [-0.4, -0.2) is 43.1 Å². The van der Waals surface area contributed by atoms with Crippen LogP contribution in [0.3, 0.4) is 0 Å². The van der Waals surface area contributed by atoms with Crippen molar-refractivity contribution < 1.29 is 0 Å². The van der Waals surface area contributed by atoms with Gasteiger partial charge in [-0.3, -0.25) is 0 Å². The second-order valence-electron chi connectivity index (χ2n) is 5.44. The Bertz CT molecular complexity index is 395. The molecule has 2 atom stereocenters. The molecule has 0 bridgehead atoms. The van der Waals surface area contributed by atoms with E-state index in [1.807, 2.05) is 11.3 Å². The molecule has 3 rings (SSSR count). The molecule has 2 unspecified atom stereocenters. The van der Waals surface area contributed by atoms with Crippen LogP contribution in [0, 0.1) is 6.92 Å². The number of thiazole rings is 1. The topological polar surface area (TPSA) is 28.2 Å². The predicted octanol–water partition coefficient (Wildman–Crippen LogP) is 1.95. The molecule has 94 valence electrons. The number of nitrogens with zero attached hydrogens (tertiary/aromatic N) is 2. The molecule has 4 heteroatoms. The molecule has 17 heavy (non-hydrogen) atoms. The van der Waals surface area contributed by atoms with Crippen LogP contribution in [0.15, 0.2) is 0 Å². The molecule has 1 aromatic heterocycles. The fourth-order valence-electron chi connectivity index (χ4n) is 3.00. The second-order valence-corrected chi connectivity index (χ2v) is 6.50. The first kappa shape index (κ1) is 11.6. The molecule has 3 heterocycles. The quantitative estimate of drug-likeness (QED) is 0.871. The third-order valence-electron chi connectivity index (χ3n) is 4.02. The van der Waals surface area contributed by atoms with Crippen molar-refractivity contribution in [1.82, 2.24) is 15.2 Å². The molecular formula is C13H21N3S. The lowest BCUT2D eigenvalue weighted by Gasteiger charge is -2.07. The summed E-state index contributed by atoms with van der Waals surface area (Å²) < 4.78 is 0. The summed E-state index contributed by atoms with van der Waals surface area (Å²) in [4.78, 5) is 8.79. The van der Waals surface area contributed by atoms with E-state index < -0.39 is 0 Å². The van der Waals surface area contributed by atoms with Gasteiger partial charge >= 0.3 is 0 Å². The number of rotatable bonds is 2. The lowest BCUT2D eigenvalue weighted by molar-refractivity contribution is 0.411. The molecule has 0 saturated carbocycles. The first-order valence-electron chi connectivity index (χ1n) is 6.60. The summed E-state index contributed by atoms with van der Waals surface area (Å²) in [6, 6.07) is 0. The summed E-state index contributed by atoms with van der Waals surface area (Å²) in [5, 5.41) is 4.84. The molecule has 1 N–H and O–H groups in total. The van der Waals surface area contributed by atoms with Crippen LogP contribution >= 0.6 is 11.3 Å². The second kappa shape index (κ2) is 4.67. The molecule has 2 aliphatic rings.